The summed E-state index contributed by atoms with van der Waals surface area (Å²) in [5.74, 6) is -0.114. The van der Waals surface area contributed by atoms with Gasteiger partial charge >= 0.3 is 0 Å². The molecule has 1 aromatic rings. The van der Waals surface area contributed by atoms with Gasteiger partial charge in [-0.3, -0.25) is 4.79 Å². The van der Waals surface area contributed by atoms with Crippen LogP contribution in [0.1, 0.15) is 12.5 Å². The summed E-state index contributed by atoms with van der Waals surface area (Å²) < 4.78 is 0.898. The molecule has 2 nitrogen and oxygen atoms in total. The van der Waals surface area contributed by atoms with Crippen LogP contribution in [0.25, 0.3) is 0 Å². The average molecular weight is 254 g/mol. The molecule has 0 aliphatic carbocycles. The molecule has 0 atom stereocenters. The maximum Gasteiger partial charge on any atom is 0.248 e. The maximum absolute atomic E-state index is 11.2. The molecule has 1 amide bonds. The third-order valence-corrected chi connectivity index (χ3v) is 2.36. The Morgan fingerprint density at radius 2 is 2.21 bits per heavy atom. The monoisotopic (exact) mass is 253 g/mol. The van der Waals surface area contributed by atoms with E-state index in [1.165, 1.54) is 6.08 Å². The molecule has 0 saturated carbocycles. The normalized spacial score (nSPS) is 10.5. The number of aryl methyl sites for hydroxylation is 1. The lowest BCUT2D eigenvalue weighted by Crippen LogP contribution is -2.08. The summed E-state index contributed by atoms with van der Waals surface area (Å²) in [7, 11) is 0. The van der Waals surface area contributed by atoms with E-state index in [1.807, 2.05) is 32.0 Å². The summed E-state index contributed by atoms with van der Waals surface area (Å²) in [6, 6.07) is 5.79. The van der Waals surface area contributed by atoms with Crippen molar-refractivity contribution in [3.8, 4) is 0 Å². The minimum atomic E-state index is -0.114. The number of carbonyl (C=O) groups is 1. The predicted octanol–water partition coefficient (Wildman–Crippen LogP) is 3.27. The highest BCUT2D eigenvalue weighted by Gasteiger charge is 2.01. The first kappa shape index (κ1) is 11.0. The van der Waals surface area contributed by atoms with Gasteiger partial charge < -0.3 is 5.32 Å². The number of anilines is 1. The van der Waals surface area contributed by atoms with Crippen molar-refractivity contribution < 1.29 is 4.79 Å². The Labute approximate surface area is 92.1 Å². The topological polar surface area (TPSA) is 29.1 Å². The molecule has 0 aromatic heterocycles. The number of benzene rings is 1. The smallest absolute Gasteiger partial charge is 0.248 e. The molecular weight excluding hydrogens is 242 g/mol. The van der Waals surface area contributed by atoms with Gasteiger partial charge in [-0.2, -0.15) is 0 Å². The van der Waals surface area contributed by atoms with E-state index in [-0.39, 0.29) is 5.91 Å². The molecule has 0 aliphatic rings. The largest absolute Gasteiger partial charge is 0.321 e. The van der Waals surface area contributed by atoms with Crippen molar-refractivity contribution in [1.29, 1.82) is 0 Å². The quantitative estimate of drug-likeness (QED) is 0.806. The molecule has 1 N–H and O–H groups in total. The van der Waals surface area contributed by atoms with Crippen molar-refractivity contribution in [2.24, 2.45) is 0 Å². The Bertz CT molecular complexity index is 372. The Balaban J connectivity index is 2.82. The van der Waals surface area contributed by atoms with Crippen molar-refractivity contribution in [3.63, 3.8) is 0 Å². The van der Waals surface area contributed by atoms with Gasteiger partial charge in [-0.15, -0.1) is 0 Å². The molecule has 0 aliphatic heterocycles. The number of carbonyl (C=O) groups excluding carboxylic acids is 1. The summed E-state index contributed by atoms with van der Waals surface area (Å²) >= 11 is 3.39. The summed E-state index contributed by atoms with van der Waals surface area (Å²) in [6.45, 7) is 3.81. The van der Waals surface area contributed by atoms with E-state index in [4.69, 9.17) is 0 Å². The van der Waals surface area contributed by atoms with Gasteiger partial charge in [0.15, 0.2) is 0 Å². The number of nitrogens with one attached hydrogen (secondary N) is 1. The number of hydrogen-bond acceptors (Lipinski definition) is 1. The maximum atomic E-state index is 11.2. The first-order valence-corrected chi connectivity index (χ1v) is 5.12. The second-order valence-corrected chi connectivity index (χ2v) is 3.83. The van der Waals surface area contributed by atoms with Crippen LogP contribution in [-0.4, -0.2) is 5.91 Å². The van der Waals surface area contributed by atoms with Crippen LogP contribution >= 0.6 is 15.9 Å². The van der Waals surface area contributed by atoms with E-state index < -0.39 is 0 Å². The summed E-state index contributed by atoms with van der Waals surface area (Å²) in [5.41, 5.74) is 1.94. The molecule has 14 heavy (non-hydrogen) atoms. The third kappa shape index (κ3) is 3.00. The predicted molar refractivity (Wildman–Crippen MR) is 62.3 cm³/mol. The van der Waals surface area contributed by atoms with Crippen molar-refractivity contribution >= 4 is 27.5 Å². The molecule has 0 saturated heterocycles. The highest BCUT2D eigenvalue weighted by molar-refractivity contribution is 9.10. The Hall–Kier alpha value is -1.09. The second kappa shape index (κ2) is 4.96. The molecule has 0 bridgehead atoms. The van der Waals surface area contributed by atoms with Gasteiger partial charge in [0.2, 0.25) is 5.91 Å². The molecule has 1 rings (SSSR count). The third-order valence-electron chi connectivity index (χ3n) is 1.70. The van der Waals surface area contributed by atoms with E-state index in [9.17, 15) is 4.79 Å². The van der Waals surface area contributed by atoms with Crippen LogP contribution in [0.3, 0.4) is 0 Å². The van der Waals surface area contributed by atoms with Gasteiger partial charge in [-0.1, -0.05) is 12.1 Å². The zero-order valence-corrected chi connectivity index (χ0v) is 9.76. The fourth-order valence-corrected chi connectivity index (χ4v) is 1.64. The van der Waals surface area contributed by atoms with Crippen LogP contribution in [0.2, 0.25) is 0 Å². The van der Waals surface area contributed by atoms with Crippen LogP contribution in [0, 0.1) is 6.92 Å². The molecule has 0 spiro atoms. The highest BCUT2D eigenvalue weighted by atomic mass is 79.9. The Morgan fingerprint density at radius 3 is 2.79 bits per heavy atom. The molecule has 0 unspecified atom stereocenters. The number of rotatable bonds is 2. The van der Waals surface area contributed by atoms with Gasteiger partial charge in [0.05, 0.1) is 5.69 Å². The van der Waals surface area contributed by atoms with Gasteiger partial charge in [-0.25, -0.2) is 0 Å². The fourth-order valence-electron chi connectivity index (χ4n) is 1.05. The number of allylic oxidation sites excluding steroid dienone is 1. The van der Waals surface area contributed by atoms with E-state index in [0.717, 1.165) is 15.7 Å². The Morgan fingerprint density at radius 1 is 1.50 bits per heavy atom. The first-order valence-electron chi connectivity index (χ1n) is 4.33. The molecule has 3 heteroatoms. The van der Waals surface area contributed by atoms with Crippen LogP contribution in [0.15, 0.2) is 34.8 Å². The minimum absolute atomic E-state index is 0.114. The van der Waals surface area contributed by atoms with Crippen LogP contribution < -0.4 is 5.32 Å². The molecule has 1 aromatic carbocycles. The molecular formula is C11H12BrNO. The van der Waals surface area contributed by atoms with Gasteiger partial charge in [-0.05, 0) is 53.5 Å². The number of halogens is 1. The fraction of sp³-hybridized carbons (Fsp3) is 0.182. The average Bonchev–Trinajstić information content (AvgIpc) is 2.10. The first-order chi connectivity index (χ1) is 6.63. The molecule has 0 fully saturated rings. The lowest BCUT2D eigenvalue weighted by atomic mass is 10.2. The van der Waals surface area contributed by atoms with Gasteiger partial charge in [0, 0.05) is 4.47 Å². The van der Waals surface area contributed by atoms with Gasteiger partial charge in [0.1, 0.15) is 0 Å². The number of amides is 1. The van der Waals surface area contributed by atoms with Gasteiger partial charge in [0.25, 0.3) is 0 Å². The van der Waals surface area contributed by atoms with E-state index in [0.29, 0.717) is 0 Å². The summed E-state index contributed by atoms with van der Waals surface area (Å²) in [4.78, 5) is 11.2. The van der Waals surface area contributed by atoms with E-state index in [1.54, 1.807) is 6.08 Å². The van der Waals surface area contributed by atoms with Crippen molar-refractivity contribution in [2.45, 2.75) is 13.8 Å². The summed E-state index contributed by atoms with van der Waals surface area (Å²) in [6.07, 6.45) is 3.20. The zero-order valence-electron chi connectivity index (χ0n) is 8.17. The van der Waals surface area contributed by atoms with Crippen molar-refractivity contribution in [1.82, 2.24) is 0 Å². The van der Waals surface area contributed by atoms with Crippen LogP contribution in [0.5, 0.6) is 0 Å². The number of hydrogen-bond donors (Lipinski definition) is 1. The van der Waals surface area contributed by atoms with E-state index in [2.05, 4.69) is 21.2 Å². The second-order valence-electron chi connectivity index (χ2n) is 2.97. The Kier molecular flexibility index (Phi) is 3.89. The summed E-state index contributed by atoms with van der Waals surface area (Å²) in [5, 5.41) is 2.77. The molecule has 0 radical (unpaired) electrons. The minimum Gasteiger partial charge on any atom is -0.321 e. The highest BCUT2D eigenvalue weighted by Crippen LogP contribution is 2.23. The van der Waals surface area contributed by atoms with Crippen molar-refractivity contribution in [2.75, 3.05) is 5.32 Å². The molecule has 74 valence electrons. The SMILES string of the molecule is C/C=C/C(=O)Nc1ccc(C)cc1Br. The molecule has 0 heterocycles. The van der Waals surface area contributed by atoms with Crippen LogP contribution in [0.4, 0.5) is 5.69 Å². The van der Waals surface area contributed by atoms with Crippen LogP contribution in [-0.2, 0) is 4.79 Å². The lowest BCUT2D eigenvalue weighted by Gasteiger charge is -2.05. The van der Waals surface area contributed by atoms with Crippen molar-refractivity contribution in [3.05, 3.63) is 40.4 Å². The van der Waals surface area contributed by atoms with E-state index >= 15 is 0 Å². The zero-order chi connectivity index (χ0) is 10.6. The standard InChI is InChI=1S/C11H12BrNO/c1-3-4-11(14)13-10-6-5-8(2)7-9(10)12/h3-7H,1-2H3,(H,13,14)/b4-3+. The lowest BCUT2D eigenvalue weighted by molar-refractivity contribution is -0.111.